The van der Waals surface area contributed by atoms with Gasteiger partial charge in [-0.05, 0) is 32.6 Å². The molecule has 16 heavy (non-hydrogen) atoms. The average Bonchev–Trinajstić information content (AvgIpc) is 2.89. The van der Waals surface area contributed by atoms with E-state index in [1.54, 1.807) is 0 Å². The third-order valence-electron chi connectivity index (χ3n) is 3.48. The fourth-order valence-corrected chi connectivity index (χ4v) is 2.47. The minimum absolute atomic E-state index is 0.617. The molecule has 0 spiro atoms. The highest BCUT2D eigenvalue weighted by molar-refractivity contribution is 4.84. The largest absolute Gasteiger partial charge is 0.339 e. The number of aryl methyl sites for hydroxylation is 1. The molecule has 2 rings (SSSR count). The Kier molecular flexibility index (Phi) is 3.93. The highest BCUT2D eigenvalue weighted by Gasteiger charge is 2.20. The van der Waals surface area contributed by atoms with Crippen molar-refractivity contribution in [3.8, 4) is 0 Å². The number of rotatable bonds is 5. The normalized spacial score (nSPS) is 19.1. The summed E-state index contributed by atoms with van der Waals surface area (Å²) in [6.07, 6.45) is 6.40. The molecule has 0 aromatic carbocycles. The number of nitrogens with zero attached hydrogens (tertiary/aromatic N) is 2. The zero-order valence-corrected chi connectivity index (χ0v) is 10.2. The Morgan fingerprint density at radius 1 is 1.44 bits per heavy atom. The first-order chi connectivity index (χ1) is 7.75. The van der Waals surface area contributed by atoms with Crippen LogP contribution in [0.15, 0.2) is 4.52 Å². The van der Waals surface area contributed by atoms with Gasteiger partial charge in [-0.1, -0.05) is 18.0 Å². The fraction of sp³-hybridized carbons (Fsp3) is 0.833. The maximum absolute atomic E-state index is 5.07. The summed E-state index contributed by atoms with van der Waals surface area (Å²) in [5, 5.41) is 7.33. The van der Waals surface area contributed by atoms with Gasteiger partial charge in [0.25, 0.3) is 0 Å². The quantitative estimate of drug-likeness (QED) is 0.830. The van der Waals surface area contributed by atoms with Gasteiger partial charge in [0.1, 0.15) is 0 Å². The van der Waals surface area contributed by atoms with E-state index in [2.05, 4.69) is 22.4 Å². The van der Waals surface area contributed by atoms with Crippen LogP contribution in [-0.2, 0) is 6.42 Å². The Bertz CT molecular complexity index is 318. The highest BCUT2D eigenvalue weighted by atomic mass is 16.5. The van der Waals surface area contributed by atoms with Crippen molar-refractivity contribution in [3.63, 3.8) is 0 Å². The van der Waals surface area contributed by atoms with E-state index in [0.717, 1.165) is 30.6 Å². The molecule has 0 amide bonds. The first kappa shape index (κ1) is 11.6. The van der Waals surface area contributed by atoms with Crippen LogP contribution >= 0.6 is 0 Å². The molecule has 0 saturated heterocycles. The molecular weight excluding hydrogens is 202 g/mol. The third kappa shape index (κ3) is 3.04. The zero-order valence-electron chi connectivity index (χ0n) is 10.2. The second kappa shape index (κ2) is 5.43. The van der Waals surface area contributed by atoms with Gasteiger partial charge in [0, 0.05) is 19.0 Å². The van der Waals surface area contributed by atoms with Gasteiger partial charge in [-0.2, -0.15) is 4.98 Å². The van der Waals surface area contributed by atoms with Gasteiger partial charge >= 0.3 is 0 Å². The summed E-state index contributed by atoms with van der Waals surface area (Å²) in [5.41, 5.74) is 0. The Hall–Kier alpha value is -0.900. The highest BCUT2D eigenvalue weighted by Crippen LogP contribution is 2.27. The minimum atomic E-state index is 0.617. The summed E-state index contributed by atoms with van der Waals surface area (Å²) in [6, 6.07) is 0.617. The summed E-state index contributed by atoms with van der Waals surface area (Å²) in [5.74, 6) is 2.33. The molecule has 1 heterocycles. The van der Waals surface area contributed by atoms with Crippen LogP contribution in [-0.4, -0.2) is 22.7 Å². The van der Waals surface area contributed by atoms with Crippen molar-refractivity contribution in [1.29, 1.82) is 0 Å². The first-order valence-corrected chi connectivity index (χ1v) is 6.28. The van der Waals surface area contributed by atoms with E-state index in [4.69, 9.17) is 4.52 Å². The second-order valence-corrected chi connectivity index (χ2v) is 4.77. The Morgan fingerprint density at radius 2 is 2.19 bits per heavy atom. The fourth-order valence-electron chi connectivity index (χ4n) is 2.47. The van der Waals surface area contributed by atoms with Gasteiger partial charge in [-0.3, -0.25) is 0 Å². The van der Waals surface area contributed by atoms with Crippen molar-refractivity contribution < 1.29 is 4.52 Å². The van der Waals surface area contributed by atoms with E-state index in [9.17, 15) is 0 Å². The molecule has 1 aromatic rings. The molecule has 4 heteroatoms. The molecular formula is C12H21N3O. The summed E-state index contributed by atoms with van der Waals surface area (Å²) in [6.45, 7) is 5.07. The van der Waals surface area contributed by atoms with Crippen LogP contribution in [0.3, 0.4) is 0 Å². The lowest BCUT2D eigenvalue weighted by Gasteiger charge is -2.19. The minimum Gasteiger partial charge on any atom is -0.339 e. The second-order valence-electron chi connectivity index (χ2n) is 4.77. The molecule has 1 aliphatic rings. The molecule has 4 nitrogen and oxygen atoms in total. The number of aromatic nitrogens is 2. The van der Waals surface area contributed by atoms with E-state index in [1.807, 2.05) is 6.92 Å². The third-order valence-corrected chi connectivity index (χ3v) is 3.48. The molecule has 1 saturated carbocycles. The summed E-state index contributed by atoms with van der Waals surface area (Å²) < 4.78 is 5.07. The van der Waals surface area contributed by atoms with E-state index in [0.29, 0.717) is 6.04 Å². The van der Waals surface area contributed by atoms with Gasteiger partial charge in [-0.25, -0.2) is 0 Å². The molecule has 1 N–H and O–H groups in total. The van der Waals surface area contributed by atoms with Crippen LogP contribution in [0.4, 0.5) is 0 Å². The summed E-state index contributed by atoms with van der Waals surface area (Å²) >= 11 is 0. The van der Waals surface area contributed by atoms with E-state index < -0.39 is 0 Å². The lowest BCUT2D eigenvalue weighted by Crippen LogP contribution is -2.33. The average molecular weight is 223 g/mol. The molecule has 1 aliphatic carbocycles. The van der Waals surface area contributed by atoms with Crippen molar-refractivity contribution in [2.24, 2.45) is 5.92 Å². The Morgan fingerprint density at radius 3 is 2.81 bits per heavy atom. The SMILES string of the molecule is Cc1noc(CCNC(C)C2CCCC2)n1. The van der Waals surface area contributed by atoms with Crippen molar-refractivity contribution in [1.82, 2.24) is 15.5 Å². The predicted octanol–water partition coefficient (Wildman–Crippen LogP) is 2.09. The molecule has 1 fully saturated rings. The zero-order chi connectivity index (χ0) is 11.4. The molecule has 90 valence electrons. The van der Waals surface area contributed by atoms with Crippen molar-refractivity contribution >= 4 is 0 Å². The van der Waals surface area contributed by atoms with Crippen LogP contribution in [0.5, 0.6) is 0 Å². The van der Waals surface area contributed by atoms with E-state index in [-0.39, 0.29) is 0 Å². The maximum Gasteiger partial charge on any atom is 0.227 e. The van der Waals surface area contributed by atoms with Crippen LogP contribution in [0, 0.1) is 12.8 Å². The van der Waals surface area contributed by atoms with Crippen LogP contribution in [0.1, 0.15) is 44.3 Å². The number of hydrogen-bond donors (Lipinski definition) is 1. The van der Waals surface area contributed by atoms with Crippen LogP contribution < -0.4 is 5.32 Å². The summed E-state index contributed by atoms with van der Waals surface area (Å²) in [7, 11) is 0. The van der Waals surface area contributed by atoms with Crippen molar-refractivity contribution in [2.45, 2.75) is 52.0 Å². The lowest BCUT2D eigenvalue weighted by molar-refractivity contribution is 0.352. The molecule has 0 bridgehead atoms. The summed E-state index contributed by atoms with van der Waals surface area (Å²) in [4.78, 5) is 4.19. The maximum atomic E-state index is 5.07. The van der Waals surface area contributed by atoms with Gasteiger partial charge in [0.05, 0.1) is 0 Å². The molecule has 1 aromatic heterocycles. The standard InChI is InChI=1S/C12H21N3O/c1-9(11-5-3-4-6-11)13-8-7-12-14-10(2)15-16-12/h9,11,13H,3-8H2,1-2H3. The van der Waals surface area contributed by atoms with Gasteiger partial charge < -0.3 is 9.84 Å². The number of nitrogens with one attached hydrogen (secondary N) is 1. The molecule has 0 radical (unpaired) electrons. The Labute approximate surface area is 96.8 Å². The lowest BCUT2D eigenvalue weighted by atomic mass is 10.00. The topological polar surface area (TPSA) is 51.0 Å². The predicted molar refractivity (Wildman–Crippen MR) is 62.2 cm³/mol. The molecule has 0 aliphatic heterocycles. The van der Waals surface area contributed by atoms with Crippen LogP contribution in [0.2, 0.25) is 0 Å². The van der Waals surface area contributed by atoms with Gasteiger partial charge in [0.2, 0.25) is 5.89 Å². The Balaban J connectivity index is 1.67. The van der Waals surface area contributed by atoms with E-state index >= 15 is 0 Å². The molecule has 1 unspecified atom stereocenters. The monoisotopic (exact) mass is 223 g/mol. The van der Waals surface area contributed by atoms with Gasteiger partial charge in [0.15, 0.2) is 5.82 Å². The van der Waals surface area contributed by atoms with Crippen molar-refractivity contribution in [3.05, 3.63) is 11.7 Å². The van der Waals surface area contributed by atoms with Crippen molar-refractivity contribution in [2.75, 3.05) is 6.54 Å². The number of hydrogen-bond acceptors (Lipinski definition) is 4. The van der Waals surface area contributed by atoms with Gasteiger partial charge in [-0.15, -0.1) is 0 Å². The first-order valence-electron chi connectivity index (χ1n) is 6.28. The van der Waals surface area contributed by atoms with Crippen LogP contribution in [0.25, 0.3) is 0 Å². The smallest absolute Gasteiger partial charge is 0.227 e. The molecule has 1 atom stereocenters. The van der Waals surface area contributed by atoms with E-state index in [1.165, 1.54) is 25.7 Å².